The van der Waals surface area contributed by atoms with Crippen LogP contribution in [0.15, 0.2) is 10.2 Å². The summed E-state index contributed by atoms with van der Waals surface area (Å²) in [5.74, 6) is 0. The normalized spacial score (nSPS) is 12.7. The molecule has 0 spiro atoms. The lowest BCUT2D eigenvalue weighted by molar-refractivity contribution is 0.122. The van der Waals surface area contributed by atoms with Gasteiger partial charge in [-0.2, -0.15) is 5.10 Å². The molecule has 0 aliphatic rings. The zero-order valence-corrected chi connectivity index (χ0v) is 9.53. The van der Waals surface area contributed by atoms with Crippen molar-refractivity contribution in [3.8, 4) is 0 Å². The number of nitrogens with zero attached hydrogens (tertiary/aromatic N) is 2. The van der Waals surface area contributed by atoms with E-state index in [0.29, 0.717) is 5.64 Å². The predicted octanol–water partition coefficient (Wildman–Crippen LogP) is 2.43. The number of hydrogen-bond donors (Lipinski definition) is 0. The van der Waals surface area contributed by atoms with Crippen LogP contribution in [0, 0.1) is 0 Å². The Kier molecular flexibility index (Phi) is 4.40. The van der Waals surface area contributed by atoms with Crippen molar-refractivity contribution in [2.45, 2.75) is 40.2 Å². The second-order valence-electron chi connectivity index (χ2n) is 3.70. The molecule has 0 aliphatic carbocycles. The third kappa shape index (κ3) is 7.67. The van der Waals surface area contributed by atoms with Crippen LogP contribution in [0.4, 0.5) is 0 Å². The summed E-state index contributed by atoms with van der Waals surface area (Å²) in [5, 5.41) is 7.72. The van der Waals surface area contributed by atoms with Crippen LogP contribution in [0.2, 0.25) is 0 Å². The van der Waals surface area contributed by atoms with Gasteiger partial charge in [0, 0.05) is 5.71 Å². The fourth-order valence-corrected chi connectivity index (χ4v) is 0.895. The van der Waals surface area contributed by atoms with Crippen molar-refractivity contribution in [1.82, 2.24) is 0 Å². The summed E-state index contributed by atoms with van der Waals surface area (Å²) in [6.45, 7) is 9.68. The first kappa shape index (κ1) is 11.6. The summed E-state index contributed by atoms with van der Waals surface area (Å²) in [6, 6.07) is 0. The SMILES string of the molecule is CC(C)=N/N=C(/P)OC(C)(C)C. The minimum atomic E-state index is -0.211. The van der Waals surface area contributed by atoms with Gasteiger partial charge in [0.15, 0.2) is 0 Å². The van der Waals surface area contributed by atoms with Crippen LogP contribution >= 0.6 is 9.24 Å². The van der Waals surface area contributed by atoms with Crippen molar-refractivity contribution in [1.29, 1.82) is 0 Å². The molecule has 0 N–H and O–H groups in total. The standard InChI is InChI=1S/C8H17N2OP/c1-6(2)9-10-7(12)11-8(3,4)5/h12H2,1-5H3/b10-7+. The van der Waals surface area contributed by atoms with Crippen molar-refractivity contribution in [3.05, 3.63) is 0 Å². The lowest BCUT2D eigenvalue weighted by atomic mass is 10.2. The maximum atomic E-state index is 5.39. The molecule has 0 aromatic rings. The van der Waals surface area contributed by atoms with Crippen LogP contribution < -0.4 is 0 Å². The fraction of sp³-hybridized carbons (Fsp3) is 0.750. The van der Waals surface area contributed by atoms with E-state index in [-0.39, 0.29) is 5.60 Å². The first-order valence-electron chi connectivity index (χ1n) is 3.84. The van der Waals surface area contributed by atoms with Gasteiger partial charge < -0.3 is 4.74 Å². The molecule has 0 radical (unpaired) electrons. The molecule has 0 amide bonds. The fourth-order valence-electron chi connectivity index (χ4n) is 0.483. The molecule has 0 fully saturated rings. The molecule has 12 heavy (non-hydrogen) atoms. The van der Waals surface area contributed by atoms with Gasteiger partial charge in [-0.05, 0) is 43.9 Å². The second-order valence-corrected chi connectivity index (χ2v) is 4.19. The summed E-state index contributed by atoms with van der Waals surface area (Å²) < 4.78 is 5.39. The van der Waals surface area contributed by atoms with Gasteiger partial charge in [0.2, 0.25) is 5.64 Å². The van der Waals surface area contributed by atoms with Crippen molar-refractivity contribution in [2.75, 3.05) is 0 Å². The van der Waals surface area contributed by atoms with Gasteiger partial charge in [-0.1, -0.05) is 0 Å². The zero-order valence-electron chi connectivity index (χ0n) is 8.38. The molecule has 3 nitrogen and oxygen atoms in total. The Balaban J connectivity index is 4.13. The van der Waals surface area contributed by atoms with Crippen LogP contribution in [-0.2, 0) is 4.74 Å². The van der Waals surface area contributed by atoms with E-state index in [1.54, 1.807) is 0 Å². The molecule has 0 saturated carbocycles. The predicted molar refractivity (Wildman–Crippen MR) is 56.8 cm³/mol. The van der Waals surface area contributed by atoms with Crippen LogP contribution in [0.1, 0.15) is 34.6 Å². The van der Waals surface area contributed by atoms with Crippen LogP contribution in [0.25, 0.3) is 0 Å². The topological polar surface area (TPSA) is 34.0 Å². The Hall–Kier alpha value is -0.430. The van der Waals surface area contributed by atoms with E-state index >= 15 is 0 Å². The Bertz CT molecular complexity index is 200. The summed E-state index contributed by atoms with van der Waals surface area (Å²) >= 11 is 0. The molecule has 0 aliphatic heterocycles. The van der Waals surface area contributed by atoms with Crippen molar-refractivity contribution in [3.63, 3.8) is 0 Å². The van der Waals surface area contributed by atoms with E-state index in [4.69, 9.17) is 4.74 Å². The van der Waals surface area contributed by atoms with Crippen LogP contribution in [0.3, 0.4) is 0 Å². The molecule has 4 heteroatoms. The molecule has 1 unspecified atom stereocenters. The summed E-state index contributed by atoms with van der Waals surface area (Å²) in [7, 11) is 2.41. The van der Waals surface area contributed by atoms with Gasteiger partial charge in [-0.3, -0.25) is 0 Å². The first-order valence-corrected chi connectivity index (χ1v) is 4.42. The third-order valence-electron chi connectivity index (χ3n) is 0.759. The summed E-state index contributed by atoms with van der Waals surface area (Å²) in [6.07, 6.45) is 0. The molecule has 1 atom stereocenters. The monoisotopic (exact) mass is 188 g/mol. The Labute approximate surface area is 76.5 Å². The highest BCUT2D eigenvalue weighted by Crippen LogP contribution is 2.10. The molecular formula is C8H17N2OP. The third-order valence-corrected chi connectivity index (χ3v) is 0.993. The van der Waals surface area contributed by atoms with Gasteiger partial charge in [-0.25, -0.2) is 0 Å². The summed E-state index contributed by atoms with van der Waals surface area (Å²) in [4.78, 5) is 0. The van der Waals surface area contributed by atoms with Crippen molar-refractivity contribution in [2.24, 2.45) is 10.2 Å². The molecule has 0 aromatic heterocycles. The molecule has 0 bridgehead atoms. The average molecular weight is 188 g/mol. The Morgan fingerprint density at radius 2 is 1.67 bits per heavy atom. The number of rotatable bonds is 1. The highest BCUT2D eigenvalue weighted by molar-refractivity contribution is 7.39. The lowest BCUT2D eigenvalue weighted by Gasteiger charge is -2.19. The quantitative estimate of drug-likeness (QED) is 0.269. The van der Waals surface area contributed by atoms with E-state index in [0.717, 1.165) is 5.71 Å². The largest absolute Gasteiger partial charge is 0.471 e. The maximum Gasteiger partial charge on any atom is 0.224 e. The molecule has 0 heterocycles. The van der Waals surface area contributed by atoms with Gasteiger partial charge in [0.05, 0.1) is 0 Å². The van der Waals surface area contributed by atoms with Crippen molar-refractivity contribution >= 4 is 20.6 Å². The van der Waals surface area contributed by atoms with E-state index in [1.165, 1.54) is 0 Å². The minimum absolute atomic E-state index is 0.211. The first-order chi connectivity index (χ1) is 5.31. The molecule has 70 valence electrons. The van der Waals surface area contributed by atoms with E-state index in [2.05, 4.69) is 19.4 Å². The van der Waals surface area contributed by atoms with E-state index < -0.39 is 0 Å². The van der Waals surface area contributed by atoms with Crippen LogP contribution in [0.5, 0.6) is 0 Å². The number of ether oxygens (including phenoxy) is 1. The molecule has 0 rings (SSSR count). The zero-order chi connectivity index (χ0) is 9.78. The Morgan fingerprint density at radius 1 is 1.17 bits per heavy atom. The molecular weight excluding hydrogens is 171 g/mol. The van der Waals surface area contributed by atoms with Gasteiger partial charge in [0.25, 0.3) is 0 Å². The highest BCUT2D eigenvalue weighted by Gasteiger charge is 2.11. The minimum Gasteiger partial charge on any atom is -0.471 e. The smallest absolute Gasteiger partial charge is 0.224 e. The molecule has 0 saturated heterocycles. The highest BCUT2D eigenvalue weighted by atomic mass is 31.0. The number of hydrogen-bond acceptors (Lipinski definition) is 3. The maximum absolute atomic E-state index is 5.39. The molecule has 0 aromatic carbocycles. The average Bonchev–Trinajstić information content (AvgIpc) is 1.79. The Morgan fingerprint density at radius 3 is 2.00 bits per heavy atom. The van der Waals surface area contributed by atoms with Gasteiger partial charge in [-0.15, -0.1) is 5.10 Å². The lowest BCUT2D eigenvalue weighted by Crippen LogP contribution is -2.20. The van der Waals surface area contributed by atoms with E-state index in [9.17, 15) is 0 Å². The van der Waals surface area contributed by atoms with Crippen LogP contribution in [-0.4, -0.2) is 17.0 Å². The van der Waals surface area contributed by atoms with Gasteiger partial charge >= 0.3 is 0 Å². The second kappa shape index (κ2) is 4.56. The van der Waals surface area contributed by atoms with Crippen molar-refractivity contribution < 1.29 is 4.74 Å². The van der Waals surface area contributed by atoms with E-state index in [1.807, 2.05) is 34.6 Å². The summed E-state index contributed by atoms with van der Waals surface area (Å²) in [5.41, 5.74) is 1.22. The van der Waals surface area contributed by atoms with Gasteiger partial charge in [0.1, 0.15) is 5.60 Å².